The average Bonchev–Trinajstić information content (AvgIpc) is 2.37. The number of aryl methyl sites for hydroxylation is 1. The summed E-state index contributed by atoms with van der Waals surface area (Å²) in [6.45, 7) is 7.18. The molecule has 1 unspecified atom stereocenters. The van der Waals surface area contributed by atoms with Gasteiger partial charge in [0.15, 0.2) is 5.78 Å². The predicted octanol–water partition coefficient (Wildman–Crippen LogP) is 3.16. The third kappa shape index (κ3) is 3.67. The van der Waals surface area contributed by atoms with Crippen LogP contribution in [-0.4, -0.2) is 30.3 Å². The maximum atomic E-state index is 12.2. The van der Waals surface area contributed by atoms with E-state index in [-0.39, 0.29) is 11.8 Å². The monoisotopic (exact) mass is 233 g/mol. The molecule has 0 fully saturated rings. The lowest BCUT2D eigenvalue weighted by Crippen LogP contribution is -2.36. The van der Waals surface area contributed by atoms with Crippen LogP contribution in [0.1, 0.15) is 43.1 Å². The maximum absolute atomic E-state index is 12.2. The summed E-state index contributed by atoms with van der Waals surface area (Å²) >= 11 is 0. The van der Waals surface area contributed by atoms with E-state index in [4.69, 9.17) is 0 Å². The van der Waals surface area contributed by atoms with Gasteiger partial charge in [-0.1, -0.05) is 38.1 Å². The van der Waals surface area contributed by atoms with Crippen LogP contribution in [0.5, 0.6) is 0 Å². The lowest BCUT2D eigenvalue weighted by molar-refractivity contribution is 0.0869. The van der Waals surface area contributed by atoms with Crippen molar-refractivity contribution in [2.75, 3.05) is 13.6 Å². The van der Waals surface area contributed by atoms with Crippen molar-refractivity contribution in [2.45, 2.75) is 39.7 Å². The minimum absolute atomic E-state index is 0.0394. The number of rotatable bonds is 6. The van der Waals surface area contributed by atoms with E-state index in [1.165, 1.54) is 5.56 Å². The second-order valence-electron chi connectivity index (χ2n) is 4.57. The highest BCUT2D eigenvalue weighted by molar-refractivity contribution is 5.99. The quantitative estimate of drug-likeness (QED) is 0.703. The van der Waals surface area contributed by atoms with E-state index in [2.05, 4.69) is 18.7 Å². The number of benzene rings is 1. The molecule has 0 amide bonds. The Bertz CT molecular complexity index is 356. The van der Waals surface area contributed by atoms with Crippen molar-refractivity contribution < 1.29 is 4.79 Å². The van der Waals surface area contributed by atoms with Crippen LogP contribution in [-0.2, 0) is 6.42 Å². The van der Waals surface area contributed by atoms with E-state index in [0.29, 0.717) is 0 Å². The molecule has 2 nitrogen and oxygen atoms in total. The van der Waals surface area contributed by atoms with Gasteiger partial charge in [-0.05, 0) is 38.9 Å². The van der Waals surface area contributed by atoms with Crippen molar-refractivity contribution in [3.8, 4) is 0 Å². The van der Waals surface area contributed by atoms with Gasteiger partial charge in [0.1, 0.15) is 0 Å². The maximum Gasteiger partial charge on any atom is 0.179 e. The fourth-order valence-electron chi connectivity index (χ4n) is 1.89. The van der Waals surface area contributed by atoms with Gasteiger partial charge >= 0.3 is 0 Å². The van der Waals surface area contributed by atoms with Crippen LogP contribution in [0.2, 0.25) is 0 Å². The fraction of sp³-hybridized carbons (Fsp3) is 0.533. The number of nitrogens with zero attached hydrogens (tertiary/aromatic N) is 1. The van der Waals surface area contributed by atoms with Crippen LogP contribution in [0, 0.1) is 0 Å². The molecule has 2 heteroatoms. The number of hydrogen-bond acceptors (Lipinski definition) is 2. The summed E-state index contributed by atoms with van der Waals surface area (Å²) in [5, 5.41) is 0. The minimum atomic E-state index is -0.0394. The summed E-state index contributed by atoms with van der Waals surface area (Å²) in [6, 6.07) is 7.93. The summed E-state index contributed by atoms with van der Waals surface area (Å²) in [7, 11) is 2.01. The second-order valence-corrected chi connectivity index (χ2v) is 4.57. The van der Waals surface area contributed by atoms with E-state index in [1.54, 1.807) is 0 Å². The van der Waals surface area contributed by atoms with Crippen LogP contribution in [0.15, 0.2) is 24.3 Å². The Hall–Kier alpha value is -1.15. The zero-order valence-electron chi connectivity index (χ0n) is 11.4. The molecule has 0 spiro atoms. The summed E-state index contributed by atoms with van der Waals surface area (Å²) < 4.78 is 0. The Kier molecular flexibility index (Phi) is 5.36. The molecule has 17 heavy (non-hydrogen) atoms. The Balaban J connectivity index is 2.74. The lowest BCUT2D eigenvalue weighted by atomic mass is 10.0. The normalized spacial score (nSPS) is 12.8. The molecule has 1 atom stereocenters. The summed E-state index contributed by atoms with van der Waals surface area (Å²) in [6.07, 6.45) is 2.09. The van der Waals surface area contributed by atoms with Gasteiger partial charge in [0.2, 0.25) is 0 Å². The van der Waals surface area contributed by atoms with Gasteiger partial charge in [-0.25, -0.2) is 0 Å². The van der Waals surface area contributed by atoms with E-state index < -0.39 is 0 Å². The summed E-state index contributed by atoms with van der Waals surface area (Å²) in [4.78, 5) is 14.3. The highest BCUT2D eigenvalue weighted by Gasteiger charge is 2.18. The van der Waals surface area contributed by atoms with Crippen LogP contribution in [0.4, 0.5) is 0 Å². The highest BCUT2D eigenvalue weighted by atomic mass is 16.1. The van der Waals surface area contributed by atoms with Gasteiger partial charge in [0.05, 0.1) is 6.04 Å². The van der Waals surface area contributed by atoms with Gasteiger partial charge in [-0.2, -0.15) is 0 Å². The molecule has 0 aromatic heterocycles. The molecule has 0 aliphatic rings. The van der Waals surface area contributed by atoms with E-state index in [0.717, 1.165) is 24.9 Å². The van der Waals surface area contributed by atoms with E-state index in [1.807, 2.05) is 38.2 Å². The number of carbonyl (C=O) groups excluding carboxylic acids is 1. The zero-order chi connectivity index (χ0) is 12.8. The molecular weight excluding hydrogens is 210 g/mol. The molecule has 0 aliphatic heterocycles. The first-order valence-electron chi connectivity index (χ1n) is 6.43. The number of Topliss-reactive ketones (excluding diaryl/α,β-unsaturated/α-hetero) is 1. The second kappa shape index (κ2) is 6.55. The largest absolute Gasteiger partial charge is 0.297 e. The summed E-state index contributed by atoms with van der Waals surface area (Å²) in [5.74, 6) is 0.212. The van der Waals surface area contributed by atoms with Gasteiger partial charge in [0, 0.05) is 5.56 Å². The smallest absolute Gasteiger partial charge is 0.179 e. The standard InChI is InChI=1S/C15H23NO/c1-5-11-16(4)12(3)15(17)14-9-7-13(6-2)8-10-14/h7-10,12H,5-6,11H2,1-4H3. The molecule has 0 heterocycles. The number of likely N-dealkylation sites (N-methyl/N-ethyl adjacent to an activating group) is 1. The Morgan fingerprint density at radius 1 is 1.24 bits per heavy atom. The molecule has 0 saturated heterocycles. The third-order valence-electron chi connectivity index (χ3n) is 3.26. The van der Waals surface area contributed by atoms with Crippen molar-refractivity contribution in [1.82, 2.24) is 4.90 Å². The van der Waals surface area contributed by atoms with Crippen molar-refractivity contribution in [1.29, 1.82) is 0 Å². The van der Waals surface area contributed by atoms with E-state index >= 15 is 0 Å². The summed E-state index contributed by atoms with van der Waals surface area (Å²) in [5.41, 5.74) is 2.09. The third-order valence-corrected chi connectivity index (χ3v) is 3.26. The first-order valence-corrected chi connectivity index (χ1v) is 6.43. The van der Waals surface area contributed by atoms with Crippen LogP contribution in [0.3, 0.4) is 0 Å². The average molecular weight is 233 g/mol. The Morgan fingerprint density at radius 2 is 1.82 bits per heavy atom. The highest BCUT2D eigenvalue weighted by Crippen LogP contribution is 2.10. The predicted molar refractivity (Wildman–Crippen MR) is 72.5 cm³/mol. The van der Waals surface area contributed by atoms with Crippen molar-refractivity contribution >= 4 is 5.78 Å². The van der Waals surface area contributed by atoms with Gasteiger partial charge in [-0.3, -0.25) is 9.69 Å². The van der Waals surface area contributed by atoms with Crippen molar-refractivity contribution in [3.05, 3.63) is 35.4 Å². The topological polar surface area (TPSA) is 20.3 Å². The molecule has 1 aromatic carbocycles. The number of hydrogen-bond donors (Lipinski definition) is 0. The van der Waals surface area contributed by atoms with Crippen LogP contribution < -0.4 is 0 Å². The SMILES string of the molecule is CCCN(C)C(C)C(=O)c1ccc(CC)cc1. The van der Waals surface area contributed by atoms with E-state index in [9.17, 15) is 4.79 Å². The molecule has 0 bridgehead atoms. The Labute approximate surface area is 105 Å². The van der Waals surface area contributed by atoms with Gasteiger partial charge in [-0.15, -0.1) is 0 Å². The molecule has 0 aliphatic carbocycles. The lowest BCUT2D eigenvalue weighted by Gasteiger charge is -2.22. The first kappa shape index (κ1) is 13.9. The fourth-order valence-corrected chi connectivity index (χ4v) is 1.89. The minimum Gasteiger partial charge on any atom is -0.297 e. The van der Waals surface area contributed by atoms with Gasteiger partial charge in [0.25, 0.3) is 0 Å². The zero-order valence-corrected chi connectivity index (χ0v) is 11.4. The first-order chi connectivity index (χ1) is 8.10. The molecular formula is C15H23NO. The number of ketones is 1. The van der Waals surface area contributed by atoms with Crippen LogP contribution >= 0.6 is 0 Å². The molecule has 94 valence electrons. The number of carbonyl (C=O) groups is 1. The molecule has 1 aromatic rings. The Morgan fingerprint density at radius 3 is 2.29 bits per heavy atom. The molecule has 0 N–H and O–H groups in total. The van der Waals surface area contributed by atoms with Crippen molar-refractivity contribution in [2.24, 2.45) is 0 Å². The van der Waals surface area contributed by atoms with Gasteiger partial charge < -0.3 is 0 Å². The van der Waals surface area contributed by atoms with Crippen LogP contribution in [0.25, 0.3) is 0 Å². The molecule has 0 saturated carbocycles. The molecule has 0 radical (unpaired) electrons. The van der Waals surface area contributed by atoms with Crippen molar-refractivity contribution in [3.63, 3.8) is 0 Å². The molecule has 1 rings (SSSR count).